The van der Waals surface area contributed by atoms with E-state index < -0.39 is 0 Å². The Kier molecular flexibility index (Phi) is 5.44. The summed E-state index contributed by atoms with van der Waals surface area (Å²) in [6, 6.07) is 7.77. The summed E-state index contributed by atoms with van der Waals surface area (Å²) in [5, 5.41) is 9.72. The van der Waals surface area contributed by atoms with Gasteiger partial charge in [0.15, 0.2) is 11.0 Å². The normalized spacial score (nSPS) is 16.0. The minimum Gasteiger partial charge on any atom is -0.304 e. The number of fused-ring (bicyclic) bond motifs is 2. The molecule has 1 atom stereocenters. The lowest BCUT2D eigenvalue weighted by molar-refractivity contribution is 0.449. The van der Waals surface area contributed by atoms with Crippen molar-refractivity contribution in [3.63, 3.8) is 0 Å². The lowest BCUT2D eigenvalue weighted by atomic mass is 9.87. The van der Waals surface area contributed by atoms with E-state index in [1.807, 2.05) is 43.6 Å². The standard InChI is InChI=1S/C23H25N5OS2/c1-4-15-6-7-18-16(9-15)10-19(31-18)22-25-26-23(27(22)3)30-13-17-11-21(29)28-12-14(2)5-8-20(28)24-17/h5,8,10-12,15H,4,6-7,9,13H2,1-3H3/t15-/m0/s1. The highest BCUT2D eigenvalue weighted by atomic mass is 32.2. The molecule has 6 nitrogen and oxygen atoms in total. The molecule has 0 saturated heterocycles. The van der Waals surface area contributed by atoms with Gasteiger partial charge in [-0.05, 0) is 55.4 Å². The number of pyridine rings is 1. The van der Waals surface area contributed by atoms with Crippen LogP contribution in [0.3, 0.4) is 0 Å². The van der Waals surface area contributed by atoms with Crippen LogP contribution in [0.4, 0.5) is 0 Å². The summed E-state index contributed by atoms with van der Waals surface area (Å²) in [6.45, 7) is 4.25. The summed E-state index contributed by atoms with van der Waals surface area (Å²) < 4.78 is 3.64. The number of hydrogen-bond donors (Lipinski definition) is 0. The first-order valence-corrected chi connectivity index (χ1v) is 12.4. The van der Waals surface area contributed by atoms with E-state index in [1.54, 1.807) is 22.2 Å². The van der Waals surface area contributed by atoms with Crippen LogP contribution in [0.15, 0.2) is 40.4 Å². The first-order chi connectivity index (χ1) is 15.0. The molecule has 8 heteroatoms. The Hall–Kier alpha value is -2.45. The zero-order valence-corrected chi connectivity index (χ0v) is 19.6. The number of thioether (sulfide) groups is 1. The number of thiophene rings is 1. The van der Waals surface area contributed by atoms with Crippen molar-refractivity contribution in [1.29, 1.82) is 0 Å². The van der Waals surface area contributed by atoms with Gasteiger partial charge in [0.1, 0.15) is 5.65 Å². The van der Waals surface area contributed by atoms with E-state index in [-0.39, 0.29) is 5.56 Å². The average Bonchev–Trinajstić information content (AvgIpc) is 3.35. The number of aryl methyl sites for hydroxylation is 2. The summed E-state index contributed by atoms with van der Waals surface area (Å²) in [6.07, 6.45) is 6.73. The van der Waals surface area contributed by atoms with Crippen LogP contribution in [0, 0.1) is 12.8 Å². The summed E-state index contributed by atoms with van der Waals surface area (Å²) >= 11 is 3.42. The smallest absolute Gasteiger partial charge is 0.258 e. The van der Waals surface area contributed by atoms with Crippen LogP contribution >= 0.6 is 23.1 Å². The molecule has 0 aliphatic heterocycles. The fourth-order valence-corrected chi connectivity index (χ4v) is 6.22. The molecule has 5 rings (SSSR count). The topological polar surface area (TPSA) is 65.1 Å². The van der Waals surface area contributed by atoms with Gasteiger partial charge in [-0.15, -0.1) is 21.5 Å². The maximum Gasteiger partial charge on any atom is 0.258 e. The molecule has 0 radical (unpaired) electrons. The van der Waals surface area contributed by atoms with Gasteiger partial charge in [-0.2, -0.15) is 0 Å². The zero-order valence-electron chi connectivity index (χ0n) is 18.0. The molecule has 4 heterocycles. The maximum absolute atomic E-state index is 12.4. The van der Waals surface area contributed by atoms with E-state index >= 15 is 0 Å². The van der Waals surface area contributed by atoms with E-state index in [4.69, 9.17) is 0 Å². The fraction of sp³-hybridized carbons (Fsp3) is 0.391. The van der Waals surface area contributed by atoms with Crippen molar-refractivity contribution in [2.24, 2.45) is 13.0 Å². The summed E-state index contributed by atoms with van der Waals surface area (Å²) in [7, 11) is 2.01. The van der Waals surface area contributed by atoms with Crippen molar-refractivity contribution >= 4 is 28.7 Å². The van der Waals surface area contributed by atoms with Gasteiger partial charge >= 0.3 is 0 Å². The third-order valence-corrected chi connectivity index (χ3v) is 8.31. The number of aromatic nitrogens is 5. The van der Waals surface area contributed by atoms with Crippen molar-refractivity contribution in [2.75, 3.05) is 0 Å². The third kappa shape index (κ3) is 3.94. The van der Waals surface area contributed by atoms with Crippen LogP contribution in [0.1, 0.15) is 41.5 Å². The Morgan fingerprint density at radius 2 is 2.13 bits per heavy atom. The number of nitrogens with zero attached hydrogens (tertiary/aromatic N) is 5. The SMILES string of the molecule is CC[C@H]1CCc2sc(-c3nnc(SCc4cc(=O)n5cc(C)ccc5n4)n3C)cc2C1. The van der Waals surface area contributed by atoms with Crippen LogP contribution in [-0.4, -0.2) is 24.1 Å². The van der Waals surface area contributed by atoms with Crippen molar-refractivity contribution in [1.82, 2.24) is 24.1 Å². The zero-order chi connectivity index (χ0) is 21.5. The van der Waals surface area contributed by atoms with Crippen LogP contribution < -0.4 is 5.56 Å². The van der Waals surface area contributed by atoms with Gasteiger partial charge in [0.25, 0.3) is 5.56 Å². The van der Waals surface area contributed by atoms with Gasteiger partial charge in [-0.1, -0.05) is 31.2 Å². The van der Waals surface area contributed by atoms with Gasteiger partial charge in [-0.25, -0.2) is 4.98 Å². The Morgan fingerprint density at radius 3 is 2.97 bits per heavy atom. The van der Waals surface area contributed by atoms with E-state index in [2.05, 4.69) is 32.7 Å². The predicted molar refractivity (Wildman–Crippen MR) is 126 cm³/mol. The molecule has 0 fully saturated rings. The van der Waals surface area contributed by atoms with E-state index in [1.165, 1.54) is 41.0 Å². The summed E-state index contributed by atoms with van der Waals surface area (Å²) in [4.78, 5) is 19.8. The minimum atomic E-state index is -0.0579. The Morgan fingerprint density at radius 1 is 1.26 bits per heavy atom. The van der Waals surface area contributed by atoms with Gasteiger partial charge in [0.05, 0.1) is 10.6 Å². The molecule has 160 valence electrons. The highest BCUT2D eigenvalue weighted by molar-refractivity contribution is 7.98. The first-order valence-electron chi connectivity index (χ1n) is 10.6. The molecule has 4 aromatic heterocycles. The van der Waals surface area contributed by atoms with Crippen molar-refractivity contribution in [3.05, 3.63) is 62.5 Å². The molecular weight excluding hydrogens is 426 g/mol. The summed E-state index contributed by atoms with van der Waals surface area (Å²) in [5.41, 5.74) is 3.89. The van der Waals surface area contributed by atoms with E-state index in [0.717, 1.165) is 28.2 Å². The van der Waals surface area contributed by atoms with Crippen LogP contribution in [0.5, 0.6) is 0 Å². The van der Waals surface area contributed by atoms with E-state index in [0.29, 0.717) is 11.4 Å². The molecule has 31 heavy (non-hydrogen) atoms. The monoisotopic (exact) mass is 451 g/mol. The molecule has 0 amide bonds. The van der Waals surface area contributed by atoms with Crippen molar-refractivity contribution in [3.8, 4) is 10.7 Å². The van der Waals surface area contributed by atoms with Gasteiger partial charge in [0.2, 0.25) is 0 Å². The molecule has 0 spiro atoms. The fourth-order valence-electron chi connectivity index (χ4n) is 4.18. The highest BCUT2D eigenvalue weighted by Crippen LogP contribution is 2.38. The second-order valence-electron chi connectivity index (χ2n) is 8.25. The number of rotatable bonds is 5. The Balaban J connectivity index is 1.36. The highest BCUT2D eigenvalue weighted by Gasteiger charge is 2.22. The molecule has 0 bridgehead atoms. The first kappa shape index (κ1) is 20.5. The van der Waals surface area contributed by atoms with Crippen LogP contribution in [0.2, 0.25) is 0 Å². The largest absolute Gasteiger partial charge is 0.304 e. The Labute approximate surface area is 189 Å². The van der Waals surface area contributed by atoms with Gasteiger partial charge < -0.3 is 4.57 Å². The predicted octanol–water partition coefficient (Wildman–Crippen LogP) is 4.67. The third-order valence-electron chi connectivity index (χ3n) is 6.03. The molecular formula is C23H25N5OS2. The van der Waals surface area contributed by atoms with Crippen molar-refractivity contribution < 1.29 is 0 Å². The molecule has 0 aromatic carbocycles. The second kappa shape index (κ2) is 8.24. The van der Waals surface area contributed by atoms with Crippen molar-refractivity contribution in [2.45, 2.75) is 50.4 Å². The minimum absolute atomic E-state index is 0.0579. The average molecular weight is 452 g/mol. The molecule has 0 unspecified atom stereocenters. The van der Waals surface area contributed by atoms with Gasteiger partial charge in [-0.3, -0.25) is 9.20 Å². The van der Waals surface area contributed by atoms with Gasteiger partial charge in [0, 0.05) is 29.9 Å². The lowest BCUT2D eigenvalue weighted by Gasteiger charge is -2.19. The quantitative estimate of drug-likeness (QED) is 0.413. The summed E-state index contributed by atoms with van der Waals surface area (Å²) in [5.74, 6) is 2.30. The molecule has 1 aliphatic rings. The lowest BCUT2D eigenvalue weighted by Crippen LogP contribution is -2.15. The maximum atomic E-state index is 12.4. The molecule has 0 saturated carbocycles. The molecule has 4 aromatic rings. The van der Waals surface area contributed by atoms with Crippen LogP contribution in [0.25, 0.3) is 16.3 Å². The van der Waals surface area contributed by atoms with Crippen LogP contribution in [-0.2, 0) is 25.6 Å². The second-order valence-corrected chi connectivity index (χ2v) is 10.3. The molecule has 0 N–H and O–H groups in total. The Bertz CT molecular complexity index is 1320. The van der Waals surface area contributed by atoms with E-state index in [9.17, 15) is 4.79 Å². The molecule has 1 aliphatic carbocycles. The number of hydrogen-bond acceptors (Lipinski definition) is 6.